The molecule has 8 N–H and O–H groups in total. The number of hydrogen-bond acceptors (Lipinski definition) is 19. The van der Waals surface area contributed by atoms with Crippen LogP contribution in [0.5, 0.6) is 0 Å². The Bertz CT molecular complexity index is 3310. The summed E-state index contributed by atoms with van der Waals surface area (Å²) in [6.07, 6.45) is 0. The standard InChI is InChI=1S/C36H29ClFN13O13S3/c37-33-43-35(40-19-1-4-21(5-2-19)48-7-9-49(10-8-48)29-16-24(38)28(50(53)54)17-30(29)51(55)56)45-36(44-33)41-20-3-6-25(26(13-20)42-34(39)52)46-47-27-15-23-18(12-32(27)67(62,63)64)11-22(65(57)58)14-31(23)66(59,60)61/h1-6,11-17H,7-10H2,(H,57,58)(H3,39,42,52)(H,59,60,61)(H,62,63,64)(H2,40,41,43,44,45). The third-order valence-electron chi connectivity index (χ3n) is 9.66. The van der Waals surface area contributed by atoms with E-state index in [-0.39, 0.29) is 63.8 Å². The van der Waals surface area contributed by atoms with Gasteiger partial charge in [-0.3, -0.25) is 29.3 Å². The molecule has 0 bridgehead atoms. The van der Waals surface area contributed by atoms with Gasteiger partial charge >= 0.3 is 11.7 Å². The molecule has 7 rings (SSSR count). The molecule has 5 aromatic carbocycles. The van der Waals surface area contributed by atoms with E-state index >= 15 is 0 Å². The Labute approximate surface area is 382 Å². The van der Waals surface area contributed by atoms with E-state index in [0.29, 0.717) is 30.9 Å². The van der Waals surface area contributed by atoms with Crippen molar-refractivity contribution in [1.29, 1.82) is 0 Å². The zero-order valence-electron chi connectivity index (χ0n) is 33.3. The minimum absolute atomic E-state index is 0.00952. The summed E-state index contributed by atoms with van der Waals surface area (Å²) < 4.78 is 105. The Kier molecular flexibility index (Phi) is 13.2. The summed E-state index contributed by atoms with van der Waals surface area (Å²) in [5.41, 5.74) is 4.30. The average Bonchev–Trinajstić information content (AvgIpc) is 3.24. The van der Waals surface area contributed by atoms with E-state index in [1.807, 2.05) is 4.90 Å². The van der Waals surface area contributed by atoms with Gasteiger partial charge in [0.05, 0.1) is 26.5 Å². The molecule has 1 atom stereocenters. The summed E-state index contributed by atoms with van der Waals surface area (Å²) in [5.74, 6) is -1.29. The van der Waals surface area contributed by atoms with Gasteiger partial charge in [0.25, 0.3) is 25.9 Å². The van der Waals surface area contributed by atoms with Gasteiger partial charge in [0.15, 0.2) is 11.1 Å². The number of halogens is 2. The lowest BCUT2D eigenvalue weighted by Crippen LogP contribution is -2.46. The fourth-order valence-corrected chi connectivity index (χ4v) is 8.77. The number of nitro groups is 2. The Morgan fingerprint density at radius 3 is 1.94 bits per heavy atom. The number of nitrogens with zero attached hydrogens (tertiary/aromatic N) is 9. The summed E-state index contributed by atoms with van der Waals surface area (Å²) >= 11 is 3.44. The first kappa shape index (κ1) is 47.4. The van der Waals surface area contributed by atoms with Crippen LogP contribution in [-0.2, 0) is 31.3 Å². The van der Waals surface area contributed by atoms with Gasteiger partial charge < -0.3 is 36.0 Å². The number of urea groups is 1. The van der Waals surface area contributed by atoms with Crippen LogP contribution in [0.4, 0.5) is 72.3 Å². The quantitative estimate of drug-likeness (QED) is 0.0203. The van der Waals surface area contributed by atoms with E-state index in [1.165, 1.54) is 18.2 Å². The zero-order valence-corrected chi connectivity index (χ0v) is 36.5. The number of benzene rings is 5. The number of nitro benzene ring substituents is 2. The Balaban J connectivity index is 1.08. The fourth-order valence-electron chi connectivity index (χ4n) is 6.72. The number of primary amides is 1. The van der Waals surface area contributed by atoms with E-state index in [2.05, 4.69) is 41.1 Å². The van der Waals surface area contributed by atoms with E-state index < -0.39 is 84.8 Å². The normalized spacial score (nSPS) is 13.7. The molecule has 6 aromatic rings. The van der Waals surface area contributed by atoms with Crippen molar-refractivity contribution < 1.29 is 53.7 Å². The highest BCUT2D eigenvalue weighted by Crippen LogP contribution is 2.38. The van der Waals surface area contributed by atoms with Crippen LogP contribution in [0.3, 0.4) is 0 Å². The molecule has 0 saturated carbocycles. The molecule has 0 spiro atoms. The van der Waals surface area contributed by atoms with Crippen molar-refractivity contribution >= 4 is 123 Å². The number of nitrogens with one attached hydrogen (secondary N) is 3. The molecule has 0 radical (unpaired) electrons. The second-order valence-corrected chi connectivity index (χ2v) is 18.0. The molecule has 67 heavy (non-hydrogen) atoms. The highest BCUT2D eigenvalue weighted by molar-refractivity contribution is 7.86. The van der Waals surface area contributed by atoms with Crippen molar-refractivity contribution in [2.24, 2.45) is 16.0 Å². The zero-order chi connectivity index (χ0) is 48.5. The topological polar surface area (TPSA) is 381 Å². The van der Waals surface area contributed by atoms with Crippen LogP contribution >= 0.6 is 11.6 Å². The van der Waals surface area contributed by atoms with E-state index in [9.17, 15) is 64.1 Å². The first-order valence-corrected chi connectivity index (χ1v) is 22.9. The van der Waals surface area contributed by atoms with Gasteiger partial charge in [-0.2, -0.15) is 36.2 Å². The van der Waals surface area contributed by atoms with Crippen molar-refractivity contribution in [3.8, 4) is 0 Å². The number of nitrogens with two attached hydrogens (primary N) is 1. The average molecular weight is 1000 g/mol. The number of fused-ring (bicyclic) bond motifs is 1. The number of carbonyl (C=O) groups is 1. The number of piperazine rings is 1. The molecule has 1 aromatic heterocycles. The molecule has 1 aliphatic heterocycles. The first-order valence-electron chi connectivity index (χ1n) is 18.5. The second-order valence-electron chi connectivity index (χ2n) is 13.9. The molecule has 31 heteroatoms. The molecular formula is C36H29ClFN13O13S3. The van der Waals surface area contributed by atoms with Gasteiger partial charge in [-0.05, 0) is 83.7 Å². The molecule has 2 heterocycles. The summed E-state index contributed by atoms with van der Waals surface area (Å²) in [6, 6.07) is 14.5. The van der Waals surface area contributed by atoms with Gasteiger partial charge in [0.1, 0.15) is 26.9 Å². The summed E-state index contributed by atoms with van der Waals surface area (Å²) in [7, 11) is -10.2. The molecule has 26 nitrogen and oxygen atoms in total. The monoisotopic (exact) mass is 1000 g/mol. The number of rotatable bonds is 14. The van der Waals surface area contributed by atoms with Crippen LogP contribution in [0, 0.1) is 26.0 Å². The number of aromatic nitrogens is 3. The molecule has 1 fully saturated rings. The van der Waals surface area contributed by atoms with Crippen molar-refractivity contribution in [2.75, 3.05) is 51.9 Å². The van der Waals surface area contributed by atoms with Crippen LogP contribution in [0.2, 0.25) is 5.28 Å². The van der Waals surface area contributed by atoms with E-state index in [1.54, 1.807) is 29.2 Å². The van der Waals surface area contributed by atoms with Gasteiger partial charge in [0.2, 0.25) is 23.0 Å². The number of carbonyl (C=O) groups excluding carboxylic acids is 1. The Hall–Kier alpha value is -7.61. The van der Waals surface area contributed by atoms with E-state index in [0.717, 1.165) is 30.0 Å². The highest BCUT2D eigenvalue weighted by Gasteiger charge is 2.30. The number of azo groups is 1. The molecule has 2 amide bonds. The first-order chi connectivity index (χ1) is 31.5. The largest absolute Gasteiger partial charge is 0.368 e. The van der Waals surface area contributed by atoms with Crippen LogP contribution in [0.1, 0.15) is 0 Å². The van der Waals surface area contributed by atoms with Gasteiger partial charge in [0, 0.05) is 54.7 Å². The second kappa shape index (κ2) is 18.7. The van der Waals surface area contributed by atoms with Gasteiger partial charge in [-0.25, -0.2) is 9.00 Å². The SMILES string of the molecule is NC(=O)Nc1cc(Nc2nc(Cl)nc(Nc3ccc(N4CCN(c5cc(F)c([N+](=O)[O-])cc5[N+](=O)[O-])CC4)cc3)n2)ccc1N=Nc1cc2c(S(=O)(=O)O)cc(S(=O)O)cc2cc1S(=O)(=O)O. The molecule has 348 valence electrons. The Morgan fingerprint density at radius 2 is 1.36 bits per heavy atom. The number of anilines is 7. The smallest absolute Gasteiger partial charge is 0.316 e. The summed E-state index contributed by atoms with van der Waals surface area (Å²) in [5, 5.41) is 37.9. The van der Waals surface area contributed by atoms with Gasteiger partial charge in [-0.1, -0.05) is 0 Å². The van der Waals surface area contributed by atoms with Crippen LogP contribution in [0.15, 0.2) is 104 Å². The molecular weight excluding hydrogens is 973 g/mol. The predicted molar refractivity (Wildman–Crippen MR) is 238 cm³/mol. The van der Waals surface area contributed by atoms with Crippen molar-refractivity contribution in [3.05, 3.63) is 110 Å². The summed E-state index contributed by atoms with van der Waals surface area (Å²) in [6.45, 7) is 1.24. The number of amides is 2. The van der Waals surface area contributed by atoms with E-state index in [4.69, 9.17) is 17.3 Å². The maximum absolute atomic E-state index is 14.4. The third-order valence-corrected chi connectivity index (χ3v) is 12.2. The minimum Gasteiger partial charge on any atom is -0.368 e. The maximum atomic E-state index is 14.4. The van der Waals surface area contributed by atoms with Crippen molar-refractivity contribution in [2.45, 2.75) is 14.7 Å². The lowest BCUT2D eigenvalue weighted by molar-refractivity contribution is -0.395. The van der Waals surface area contributed by atoms with Gasteiger partial charge in [-0.15, -0.1) is 10.2 Å². The lowest BCUT2D eigenvalue weighted by Gasteiger charge is -2.37. The fraction of sp³-hybridized carbons (Fsp3) is 0.111. The molecule has 1 saturated heterocycles. The molecule has 0 aliphatic carbocycles. The van der Waals surface area contributed by atoms with Crippen LogP contribution in [-0.4, -0.2) is 91.7 Å². The Morgan fingerprint density at radius 1 is 0.776 bits per heavy atom. The summed E-state index contributed by atoms with van der Waals surface area (Å²) in [4.78, 5) is 46.7. The number of hydrogen-bond donors (Lipinski definition) is 7. The van der Waals surface area contributed by atoms with Crippen molar-refractivity contribution in [3.63, 3.8) is 0 Å². The minimum atomic E-state index is -5.11. The highest BCUT2D eigenvalue weighted by atomic mass is 35.5. The molecule has 1 unspecified atom stereocenters. The predicted octanol–water partition coefficient (Wildman–Crippen LogP) is 6.43. The maximum Gasteiger partial charge on any atom is 0.316 e. The van der Waals surface area contributed by atoms with Crippen LogP contribution < -0.4 is 31.5 Å². The molecule has 1 aliphatic rings. The lowest BCUT2D eigenvalue weighted by atomic mass is 10.1. The van der Waals surface area contributed by atoms with Crippen LogP contribution in [0.25, 0.3) is 10.8 Å². The van der Waals surface area contributed by atoms with Crippen molar-refractivity contribution in [1.82, 2.24) is 15.0 Å². The third kappa shape index (κ3) is 10.9.